The van der Waals surface area contributed by atoms with E-state index in [-0.39, 0.29) is 22.4 Å². The van der Waals surface area contributed by atoms with Crippen molar-refractivity contribution in [2.45, 2.75) is 23.9 Å². The number of aromatic nitrogens is 2. The highest BCUT2D eigenvalue weighted by Gasteiger charge is 2.23. The van der Waals surface area contributed by atoms with Gasteiger partial charge in [0.1, 0.15) is 16.5 Å². The molecule has 0 saturated carbocycles. The summed E-state index contributed by atoms with van der Waals surface area (Å²) in [5.41, 5.74) is 0. The second kappa shape index (κ2) is 7.58. The number of benzene rings is 2. The number of nitrogens with zero attached hydrogens (tertiary/aromatic N) is 1. The summed E-state index contributed by atoms with van der Waals surface area (Å²) in [6.07, 6.45) is 3.04. The van der Waals surface area contributed by atoms with Crippen molar-refractivity contribution in [1.82, 2.24) is 9.97 Å². The van der Waals surface area contributed by atoms with Gasteiger partial charge in [0.05, 0.1) is 12.0 Å². The third kappa shape index (κ3) is 3.68. The fraction of sp³-hybridized carbons (Fsp3) is 0.167. The standard InChI is InChI=1S/C18H16N2O6S/c1-10(21)25-13-9-14(24-3)17(26-11(2)22)12-5-4-6-15(16(12)13)27(23)18-19-7-8-20-18/h4-9H,1-3H3,(H,19,20). The molecule has 0 aliphatic carbocycles. The van der Waals surface area contributed by atoms with Gasteiger partial charge in [-0.3, -0.25) is 9.59 Å². The van der Waals surface area contributed by atoms with E-state index in [2.05, 4.69) is 9.97 Å². The first-order chi connectivity index (χ1) is 12.9. The Morgan fingerprint density at radius 1 is 1.11 bits per heavy atom. The third-order valence-corrected chi connectivity index (χ3v) is 4.89. The number of ether oxygens (including phenoxy) is 3. The number of carbonyl (C=O) groups excluding carboxylic acids is 2. The predicted molar refractivity (Wildman–Crippen MR) is 96.4 cm³/mol. The maximum atomic E-state index is 13.0. The number of rotatable bonds is 5. The fourth-order valence-corrected chi connectivity index (χ4v) is 3.75. The summed E-state index contributed by atoms with van der Waals surface area (Å²) >= 11 is 0. The van der Waals surface area contributed by atoms with Crippen LogP contribution in [0.5, 0.6) is 17.2 Å². The molecule has 2 aromatic carbocycles. The molecule has 0 amide bonds. The Bertz CT molecular complexity index is 1050. The lowest BCUT2D eigenvalue weighted by atomic mass is 10.1. The fourth-order valence-electron chi connectivity index (χ4n) is 2.61. The number of aromatic amines is 1. The highest BCUT2D eigenvalue weighted by molar-refractivity contribution is 7.85. The van der Waals surface area contributed by atoms with Gasteiger partial charge in [0.15, 0.2) is 11.5 Å². The molecule has 0 aliphatic heterocycles. The Labute approximate surface area is 156 Å². The van der Waals surface area contributed by atoms with Gasteiger partial charge in [-0.05, 0) is 6.07 Å². The Morgan fingerprint density at radius 2 is 1.85 bits per heavy atom. The van der Waals surface area contributed by atoms with Crippen LogP contribution < -0.4 is 14.2 Å². The number of H-pyrrole nitrogens is 1. The van der Waals surface area contributed by atoms with Gasteiger partial charge in [-0.1, -0.05) is 12.1 Å². The minimum Gasteiger partial charge on any atom is -0.493 e. The lowest BCUT2D eigenvalue weighted by molar-refractivity contribution is -0.133. The van der Waals surface area contributed by atoms with Crippen LogP contribution in [0.4, 0.5) is 0 Å². The summed E-state index contributed by atoms with van der Waals surface area (Å²) in [5.74, 6) is -0.616. The molecule has 0 bridgehead atoms. The van der Waals surface area contributed by atoms with E-state index in [1.807, 2.05) is 0 Å². The molecular formula is C18H16N2O6S. The predicted octanol–water partition coefficient (Wildman–Crippen LogP) is 2.59. The number of hydrogen-bond acceptors (Lipinski definition) is 7. The zero-order chi connectivity index (χ0) is 19.6. The van der Waals surface area contributed by atoms with Crippen molar-refractivity contribution < 1.29 is 28.0 Å². The number of methoxy groups -OCH3 is 1. The number of fused-ring (bicyclic) bond motifs is 1. The van der Waals surface area contributed by atoms with Crippen LogP contribution >= 0.6 is 0 Å². The number of carbonyl (C=O) groups is 2. The van der Waals surface area contributed by atoms with Crippen LogP contribution in [0, 0.1) is 0 Å². The Hall–Kier alpha value is -3.20. The topological polar surface area (TPSA) is 108 Å². The molecule has 1 heterocycles. The summed E-state index contributed by atoms with van der Waals surface area (Å²) < 4.78 is 28.9. The second-order valence-electron chi connectivity index (χ2n) is 5.44. The highest BCUT2D eigenvalue weighted by Crippen LogP contribution is 2.44. The Balaban J connectivity index is 2.36. The lowest BCUT2D eigenvalue weighted by Crippen LogP contribution is -2.07. The van der Waals surface area contributed by atoms with Gasteiger partial charge in [0.25, 0.3) is 0 Å². The van der Waals surface area contributed by atoms with Crippen molar-refractivity contribution in [3.63, 3.8) is 0 Å². The van der Waals surface area contributed by atoms with Crippen LogP contribution in [0.25, 0.3) is 10.8 Å². The Kier molecular flexibility index (Phi) is 5.22. The van der Waals surface area contributed by atoms with Crippen LogP contribution in [-0.4, -0.2) is 33.2 Å². The maximum absolute atomic E-state index is 13.0. The molecule has 0 saturated heterocycles. The second-order valence-corrected chi connectivity index (χ2v) is 6.80. The summed E-state index contributed by atoms with van der Waals surface area (Å²) in [6, 6.07) is 6.36. The van der Waals surface area contributed by atoms with Gasteiger partial charge in [-0.2, -0.15) is 0 Å². The van der Waals surface area contributed by atoms with Gasteiger partial charge >= 0.3 is 11.9 Å². The van der Waals surface area contributed by atoms with E-state index in [1.54, 1.807) is 24.4 Å². The van der Waals surface area contributed by atoms with Crippen LogP contribution in [0.2, 0.25) is 0 Å². The number of esters is 2. The number of hydrogen-bond donors (Lipinski definition) is 1. The smallest absolute Gasteiger partial charge is 0.308 e. The molecule has 1 unspecified atom stereocenters. The average Bonchev–Trinajstić information content (AvgIpc) is 3.16. The zero-order valence-corrected chi connectivity index (χ0v) is 15.6. The maximum Gasteiger partial charge on any atom is 0.308 e. The SMILES string of the molecule is COc1cc(OC(C)=O)c2c(S(=O)c3ncc[nH]3)cccc2c1OC(C)=O. The molecule has 0 spiro atoms. The van der Waals surface area contributed by atoms with E-state index in [4.69, 9.17) is 14.2 Å². The first kappa shape index (κ1) is 18.6. The van der Waals surface area contributed by atoms with Crippen molar-refractivity contribution in [3.05, 3.63) is 36.7 Å². The van der Waals surface area contributed by atoms with Gasteiger partial charge in [0.2, 0.25) is 5.16 Å². The minimum absolute atomic E-state index is 0.140. The van der Waals surface area contributed by atoms with E-state index >= 15 is 0 Å². The molecule has 0 fully saturated rings. The first-order valence-corrected chi connectivity index (χ1v) is 8.99. The molecule has 3 rings (SSSR count). The van der Waals surface area contributed by atoms with Crippen molar-refractivity contribution in [2.75, 3.05) is 7.11 Å². The molecule has 1 atom stereocenters. The van der Waals surface area contributed by atoms with Crippen LogP contribution in [0.1, 0.15) is 13.8 Å². The van der Waals surface area contributed by atoms with E-state index in [0.717, 1.165) is 0 Å². The van der Waals surface area contributed by atoms with Gasteiger partial charge in [0, 0.05) is 43.1 Å². The number of imidazole rings is 1. The van der Waals surface area contributed by atoms with Gasteiger partial charge < -0.3 is 19.2 Å². The third-order valence-electron chi connectivity index (χ3n) is 3.57. The normalized spacial score (nSPS) is 11.8. The molecule has 9 heteroatoms. The molecular weight excluding hydrogens is 372 g/mol. The average molecular weight is 388 g/mol. The number of nitrogens with one attached hydrogen (secondary N) is 1. The Morgan fingerprint density at radius 3 is 2.44 bits per heavy atom. The zero-order valence-electron chi connectivity index (χ0n) is 14.8. The van der Waals surface area contributed by atoms with Crippen molar-refractivity contribution in [3.8, 4) is 17.2 Å². The largest absolute Gasteiger partial charge is 0.493 e. The minimum atomic E-state index is -1.68. The summed E-state index contributed by atoms with van der Waals surface area (Å²) in [5, 5.41) is 1.01. The summed E-state index contributed by atoms with van der Waals surface area (Å²) in [7, 11) is -0.285. The molecule has 8 nitrogen and oxygen atoms in total. The summed E-state index contributed by atoms with van der Waals surface area (Å²) in [4.78, 5) is 30.3. The van der Waals surface area contributed by atoms with Crippen molar-refractivity contribution in [2.24, 2.45) is 0 Å². The van der Waals surface area contributed by atoms with E-state index in [9.17, 15) is 13.8 Å². The quantitative estimate of drug-likeness (QED) is 0.529. The van der Waals surface area contributed by atoms with E-state index in [0.29, 0.717) is 15.7 Å². The molecule has 27 heavy (non-hydrogen) atoms. The molecule has 0 radical (unpaired) electrons. The van der Waals surface area contributed by atoms with Crippen LogP contribution in [-0.2, 0) is 20.4 Å². The molecule has 3 aromatic rings. The van der Waals surface area contributed by atoms with E-state index in [1.165, 1.54) is 33.2 Å². The van der Waals surface area contributed by atoms with Crippen molar-refractivity contribution >= 4 is 33.5 Å². The van der Waals surface area contributed by atoms with Crippen LogP contribution in [0.15, 0.2) is 46.7 Å². The molecule has 140 valence electrons. The van der Waals surface area contributed by atoms with Crippen molar-refractivity contribution in [1.29, 1.82) is 0 Å². The monoisotopic (exact) mass is 388 g/mol. The highest BCUT2D eigenvalue weighted by atomic mass is 32.2. The lowest BCUT2D eigenvalue weighted by Gasteiger charge is -2.16. The first-order valence-electron chi connectivity index (χ1n) is 7.84. The summed E-state index contributed by atoms with van der Waals surface area (Å²) in [6.45, 7) is 2.51. The van der Waals surface area contributed by atoms with Gasteiger partial charge in [-0.25, -0.2) is 9.19 Å². The molecule has 1 aromatic heterocycles. The molecule has 0 aliphatic rings. The molecule has 1 N–H and O–H groups in total. The van der Waals surface area contributed by atoms with Gasteiger partial charge in [-0.15, -0.1) is 0 Å². The van der Waals surface area contributed by atoms with E-state index < -0.39 is 22.7 Å². The van der Waals surface area contributed by atoms with Crippen LogP contribution in [0.3, 0.4) is 0 Å².